The zero-order valence-corrected chi connectivity index (χ0v) is 14.3. The lowest BCUT2D eigenvalue weighted by molar-refractivity contribution is -0.123. The van der Waals surface area contributed by atoms with Crippen LogP contribution >= 0.6 is 11.3 Å². The number of aromatic nitrogens is 1. The molecule has 0 spiro atoms. The molecule has 1 heterocycles. The number of nitrogens with zero attached hydrogens (tertiary/aromatic N) is 1. The van der Waals surface area contributed by atoms with Crippen molar-refractivity contribution in [2.75, 3.05) is 17.7 Å². The first-order chi connectivity index (χ1) is 10.9. The normalized spacial score (nSPS) is 11.7. The Hall–Kier alpha value is -2.41. The highest BCUT2D eigenvalue weighted by molar-refractivity contribution is 7.17. The molecule has 0 saturated heterocycles. The van der Waals surface area contributed by atoms with Crippen molar-refractivity contribution < 1.29 is 14.3 Å². The summed E-state index contributed by atoms with van der Waals surface area (Å²) in [5.41, 5.74) is 2.66. The standard InChI is InChI=1S/C16H19N3O3S/c1-9-6-5-7-10(2)13(9)19-14(20)11(3)22-15(21)12-8-18-16(17-4)23-12/h5-8,11H,1-4H3,(H,17,18)(H,19,20)/t11-/m0/s1. The van der Waals surface area contributed by atoms with Crippen molar-refractivity contribution in [2.24, 2.45) is 0 Å². The maximum atomic E-state index is 12.2. The Bertz CT molecular complexity index is 707. The average molecular weight is 333 g/mol. The number of benzene rings is 1. The molecule has 2 rings (SSSR count). The molecule has 0 radical (unpaired) electrons. The minimum atomic E-state index is -0.901. The smallest absolute Gasteiger partial charge is 0.350 e. The van der Waals surface area contributed by atoms with Crippen LogP contribution in [0.1, 0.15) is 27.7 Å². The van der Waals surface area contributed by atoms with Crippen LogP contribution in [-0.2, 0) is 9.53 Å². The molecule has 1 aromatic carbocycles. The van der Waals surface area contributed by atoms with Crippen molar-refractivity contribution >= 4 is 34.0 Å². The van der Waals surface area contributed by atoms with E-state index in [2.05, 4.69) is 15.6 Å². The van der Waals surface area contributed by atoms with Crippen LogP contribution in [0.25, 0.3) is 0 Å². The zero-order chi connectivity index (χ0) is 17.0. The van der Waals surface area contributed by atoms with Crippen molar-refractivity contribution in [1.82, 2.24) is 4.98 Å². The van der Waals surface area contributed by atoms with Crippen LogP contribution in [0.5, 0.6) is 0 Å². The molecule has 0 aliphatic heterocycles. The van der Waals surface area contributed by atoms with Crippen LogP contribution in [0, 0.1) is 13.8 Å². The molecule has 2 aromatic rings. The number of anilines is 2. The van der Waals surface area contributed by atoms with Gasteiger partial charge in [-0.25, -0.2) is 9.78 Å². The third-order valence-electron chi connectivity index (χ3n) is 3.30. The van der Waals surface area contributed by atoms with Gasteiger partial charge in [-0.1, -0.05) is 29.5 Å². The van der Waals surface area contributed by atoms with Gasteiger partial charge in [-0.05, 0) is 31.9 Å². The van der Waals surface area contributed by atoms with Gasteiger partial charge in [0.05, 0.1) is 6.20 Å². The van der Waals surface area contributed by atoms with Crippen LogP contribution in [0.4, 0.5) is 10.8 Å². The second kappa shape index (κ2) is 7.23. The number of rotatable bonds is 5. The van der Waals surface area contributed by atoms with Gasteiger partial charge in [-0.3, -0.25) is 4.79 Å². The molecule has 6 nitrogen and oxygen atoms in total. The van der Waals surface area contributed by atoms with E-state index in [4.69, 9.17) is 4.74 Å². The topological polar surface area (TPSA) is 80.3 Å². The molecule has 0 fully saturated rings. The van der Waals surface area contributed by atoms with Crippen molar-refractivity contribution in [2.45, 2.75) is 26.9 Å². The van der Waals surface area contributed by atoms with Crippen LogP contribution in [0.15, 0.2) is 24.4 Å². The Morgan fingerprint density at radius 1 is 1.26 bits per heavy atom. The Kier molecular flexibility index (Phi) is 5.33. The fourth-order valence-corrected chi connectivity index (χ4v) is 2.65. The molecule has 7 heteroatoms. The van der Waals surface area contributed by atoms with E-state index in [0.29, 0.717) is 10.0 Å². The molecule has 1 aromatic heterocycles. The fourth-order valence-electron chi connectivity index (χ4n) is 1.99. The number of esters is 1. The van der Waals surface area contributed by atoms with Gasteiger partial charge in [0, 0.05) is 12.7 Å². The number of hydrogen-bond acceptors (Lipinski definition) is 6. The van der Waals surface area contributed by atoms with E-state index in [1.807, 2.05) is 32.0 Å². The summed E-state index contributed by atoms with van der Waals surface area (Å²) in [5.74, 6) is -0.928. The number of nitrogens with one attached hydrogen (secondary N) is 2. The van der Waals surface area contributed by atoms with Crippen molar-refractivity contribution in [3.63, 3.8) is 0 Å². The highest BCUT2D eigenvalue weighted by Crippen LogP contribution is 2.21. The second-order valence-corrected chi connectivity index (χ2v) is 6.11. The first-order valence-electron chi connectivity index (χ1n) is 7.14. The van der Waals surface area contributed by atoms with Crippen molar-refractivity contribution in [1.29, 1.82) is 0 Å². The second-order valence-electron chi connectivity index (χ2n) is 5.08. The maximum Gasteiger partial charge on any atom is 0.350 e. The average Bonchev–Trinajstić information content (AvgIpc) is 3.00. The van der Waals surface area contributed by atoms with Gasteiger partial charge in [-0.15, -0.1) is 0 Å². The Balaban J connectivity index is 2.01. The number of hydrogen-bond donors (Lipinski definition) is 2. The molecule has 0 aliphatic rings. The van der Waals surface area contributed by atoms with Crippen LogP contribution in [-0.4, -0.2) is 30.0 Å². The number of amides is 1. The Morgan fingerprint density at radius 3 is 2.48 bits per heavy atom. The Morgan fingerprint density at radius 2 is 1.91 bits per heavy atom. The van der Waals surface area contributed by atoms with E-state index < -0.39 is 12.1 Å². The molecular formula is C16H19N3O3S. The quantitative estimate of drug-likeness (QED) is 0.822. The van der Waals surface area contributed by atoms with E-state index in [-0.39, 0.29) is 5.91 Å². The van der Waals surface area contributed by atoms with Gasteiger partial charge < -0.3 is 15.4 Å². The molecule has 122 valence electrons. The van der Waals surface area contributed by atoms with Crippen LogP contribution < -0.4 is 10.6 Å². The lowest BCUT2D eigenvalue weighted by Crippen LogP contribution is -2.30. The minimum absolute atomic E-state index is 0.348. The molecule has 23 heavy (non-hydrogen) atoms. The van der Waals surface area contributed by atoms with Crippen molar-refractivity contribution in [3.05, 3.63) is 40.4 Å². The van der Waals surface area contributed by atoms with Crippen molar-refractivity contribution in [3.8, 4) is 0 Å². The van der Waals surface area contributed by atoms with Gasteiger partial charge >= 0.3 is 5.97 Å². The van der Waals surface area contributed by atoms with Gasteiger partial charge in [0.1, 0.15) is 4.88 Å². The number of aryl methyl sites for hydroxylation is 2. The summed E-state index contributed by atoms with van der Waals surface area (Å²) in [6, 6.07) is 5.75. The number of para-hydroxylation sites is 1. The lowest BCUT2D eigenvalue weighted by Gasteiger charge is -2.15. The highest BCUT2D eigenvalue weighted by atomic mass is 32.1. The molecule has 1 amide bonds. The van der Waals surface area contributed by atoms with Crippen LogP contribution in [0.3, 0.4) is 0 Å². The first-order valence-corrected chi connectivity index (χ1v) is 7.95. The summed E-state index contributed by atoms with van der Waals surface area (Å²) < 4.78 is 5.20. The third-order valence-corrected chi connectivity index (χ3v) is 4.30. The van der Waals surface area contributed by atoms with Gasteiger partial charge in [0.25, 0.3) is 5.91 Å². The summed E-state index contributed by atoms with van der Waals surface area (Å²) in [7, 11) is 1.72. The van der Waals surface area contributed by atoms with E-state index in [9.17, 15) is 9.59 Å². The van der Waals surface area contributed by atoms with Gasteiger partial charge in [0.2, 0.25) is 0 Å². The number of carbonyl (C=O) groups excluding carboxylic acids is 2. The number of ether oxygens (including phenoxy) is 1. The number of thiazole rings is 1. The van der Waals surface area contributed by atoms with Gasteiger partial charge in [-0.2, -0.15) is 0 Å². The summed E-state index contributed by atoms with van der Waals surface area (Å²) in [6.45, 7) is 5.37. The van der Waals surface area contributed by atoms with E-state index in [0.717, 1.165) is 16.8 Å². The largest absolute Gasteiger partial charge is 0.448 e. The predicted octanol–water partition coefficient (Wildman–Crippen LogP) is 2.99. The van der Waals surface area contributed by atoms with E-state index in [1.165, 1.54) is 17.5 Å². The van der Waals surface area contributed by atoms with E-state index in [1.54, 1.807) is 14.0 Å². The number of carbonyl (C=O) groups is 2. The molecule has 2 N–H and O–H groups in total. The van der Waals surface area contributed by atoms with Gasteiger partial charge in [0.15, 0.2) is 11.2 Å². The van der Waals surface area contributed by atoms with Crippen LogP contribution in [0.2, 0.25) is 0 Å². The molecule has 0 aliphatic carbocycles. The molecule has 0 unspecified atom stereocenters. The summed E-state index contributed by atoms with van der Waals surface area (Å²) >= 11 is 1.18. The predicted molar refractivity (Wildman–Crippen MR) is 91.1 cm³/mol. The fraction of sp³-hybridized carbons (Fsp3) is 0.312. The third kappa shape index (κ3) is 4.07. The first kappa shape index (κ1) is 17.0. The monoisotopic (exact) mass is 333 g/mol. The highest BCUT2D eigenvalue weighted by Gasteiger charge is 2.21. The molecule has 1 atom stereocenters. The zero-order valence-electron chi connectivity index (χ0n) is 13.5. The maximum absolute atomic E-state index is 12.2. The molecular weight excluding hydrogens is 314 g/mol. The minimum Gasteiger partial charge on any atom is -0.448 e. The molecule has 0 bridgehead atoms. The lowest BCUT2D eigenvalue weighted by atomic mass is 10.1. The molecule has 0 saturated carbocycles. The summed E-state index contributed by atoms with van der Waals surface area (Å²) in [6.07, 6.45) is 0.524. The summed E-state index contributed by atoms with van der Waals surface area (Å²) in [5, 5.41) is 6.27. The summed E-state index contributed by atoms with van der Waals surface area (Å²) in [4.78, 5) is 28.6. The van der Waals surface area contributed by atoms with E-state index >= 15 is 0 Å². The SMILES string of the molecule is CNc1ncc(C(=O)O[C@@H](C)C(=O)Nc2c(C)cccc2C)s1. The Labute approximate surface area is 138 Å².